The Morgan fingerprint density at radius 3 is 2.76 bits per heavy atom. The minimum absolute atomic E-state index is 0.139. The lowest BCUT2D eigenvalue weighted by Gasteiger charge is -2.28. The van der Waals surface area contributed by atoms with Crippen molar-refractivity contribution in [1.29, 1.82) is 0 Å². The van der Waals surface area contributed by atoms with E-state index in [2.05, 4.69) is 26.2 Å². The molecule has 17 heavy (non-hydrogen) atoms. The molecule has 0 radical (unpaired) electrons. The van der Waals surface area contributed by atoms with Crippen molar-refractivity contribution in [2.45, 2.75) is 31.2 Å². The van der Waals surface area contributed by atoms with Gasteiger partial charge in [0.2, 0.25) is 5.56 Å². The summed E-state index contributed by atoms with van der Waals surface area (Å²) < 4.78 is 0. The third-order valence-electron chi connectivity index (χ3n) is 3.23. The first-order valence-electron chi connectivity index (χ1n) is 5.72. The Labute approximate surface area is 108 Å². The second-order valence-corrected chi connectivity index (χ2v) is 5.08. The zero-order chi connectivity index (χ0) is 12.3. The van der Waals surface area contributed by atoms with Crippen molar-refractivity contribution in [3.05, 3.63) is 34.2 Å². The van der Waals surface area contributed by atoms with Crippen molar-refractivity contribution in [2.24, 2.45) is 0 Å². The highest BCUT2D eigenvalue weighted by molar-refractivity contribution is 9.09. The number of alkyl halides is 1. The molecular formula is C12H15BrN2O2. The molecular weight excluding hydrogens is 284 g/mol. The fourth-order valence-corrected chi connectivity index (χ4v) is 2.94. The normalized spacial score (nSPS) is 17.9. The molecule has 0 saturated heterocycles. The quantitative estimate of drug-likeness (QED) is 0.836. The van der Waals surface area contributed by atoms with E-state index in [0.29, 0.717) is 5.56 Å². The fraction of sp³-hybridized carbons (Fsp3) is 0.500. The van der Waals surface area contributed by atoms with Gasteiger partial charge in [0, 0.05) is 23.2 Å². The number of pyridine rings is 1. The van der Waals surface area contributed by atoms with Crippen LogP contribution in [0.25, 0.3) is 0 Å². The van der Waals surface area contributed by atoms with Crippen molar-refractivity contribution in [1.82, 2.24) is 10.3 Å². The summed E-state index contributed by atoms with van der Waals surface area (Å²) in [4.78, 5) is 25.7. The third-order valence-corrected chi connectivity index (χ3v) is 4.31. The summed E-state index contributed by atoms with van der Waals surface area (Å²) in [6, 6.07) is 2.94. The van der Waals surface area contributed by atoms with Crippen LogP contribution in [0.4, 0.5) is 0 Å². The van der Waals surface area contributed by atoms with E-state index in [0.717, 1.165) is 31.0 Å². The van der Waals surface area contributed by atoms with Gasteiger partial charge in [-0.25, -0.2) is 0 Å². The number of aromatic nitrogens is 1. The average Bonchev–Trinajstić information content (AvgIpc) is 2.78. The van der Waals surface area contributed by atoms with Crippen LogP contribution in [0.5, 0.6) is 0 Å². The van der Waals surface area contributed by atoms with Crippen LogP contribution in [-0.2, 0) is 0 Å². The maximum Gasteiger partial charge on any atom is 0.251 e. The van der Waals surface area contributed by atoms with Crippen LogP contribution in [0.15, 0.2) is 23.1 Å². The summed E-state index contributed by atoms with van der Waals surface area (Å²) in [6.07, 6.45) is 5.76. The van der Waals surface area contributed by atoms with E-state index in [-0.39, 0.29) is 17.0 Å². The van der Waals surface area contributed by atoms with E-state index in [4.69, 9.17) is 0 Å². The van der Waals surface area contributed by atoms with Gasteiger partial charge in [-0.2, -0.15) is 0 Å². The van der Waals surface area contributed by atoms with E-state index in [9.17, 15) is 9.59 Å². The minimum Gasteiger partial charge on any atom is -0.346 e. The zero-order valence-electron chi connectivity index (χ0n) is 9.46. The van der Waals surface area contributed by atoms with E-state index < -0.39 is 0 Å². The Morgan fingerprint density at radius 2 is 2.18 bits per heavy atom. The Bertz CT molecular complexity index is 464. The van der Waals surface area contributed by atoms with Crippen LogP contribution in [0, 0.1) is 0 Å². The first-order chi connectivity index (χ1) is 8.15. The van der Waals surface area contributed by atoms with E-state index >= 15 is 0 Å². The molecule has 0 aliphatic heterocycles. The largest absolute Gasteiger partial charge is 0.346 e. The molecule has 0 unspecified atom stereocenters. The molecule has 1 amide bonds. The second kappa shape index (κ2) is 5.04. The van der Waals surface area contributed by atoms with Crippen LogP contribution in [0.1, 0.15) is 36.0 Å². The topological polar surface area (TPSA) is 62.0 Å². The van der Waals surface area contributed by atoms with Crippen molar-refractivity contribution in [2.75, 3.05) is 5.33 Å². The van der Waals surface area contributed by atoms with Gasteiger partial charge >= 0.3 is 0 Å². The number of rotatable bonds is 3. The molecule has 92 valence electrons. The van der Waals surface area contributed by atoms with Crippen molar-refractivity contribution in [3.8, 4) is 0 Å². The number of hydrogen-bond acceptors (Lipinski definition) is 2. The maximum atomic E-state index is 12.0. The van der Waals surface area contributed by atoms with Gasteiger partial charge in [0.25, 0.3) is 5.91 Å². The molecule has 1 aliphatic rings. The Hall–Kier alpha value is -1.10. The van der Waals surface area contributed by atoms with Gasteiger partial charge in [-0.3, -0.25) is 9.59 Å². The molecule has 0 bridgehead atoms. The van der Waals surface area contributed by atoms with E-state index in [1.165, 1.54) is 12.3 Å². The van der Waals surface area contributed by atoms with Gasteiger partial charge in [-0.1, -0.05) is 28.8 Å². The number of nitrogens with one attached hydrogen (secondary N) is 2. The first-order valence-corrected chi connectivity index (χ1v) is 6.85. The van der Waals surface area contributed by atoms with Crippen LogP contribution in [0.2, 0.25) is 0 Å². The summed E-state index contributed by atoms with van der Waals surface area (Å²) in [5.41, 5.74) is 0.0256. The number of hydrogen-bond donors (Lipinski definition) is 2. The molecule has 1 fully saturated rings. The smallest absolute Gasteiger partial charge is 0.251 e. The Morgan fingerprint density at radius 1 is 1.47 bits per heavy atom. The number of carbonyl (C=O) groups is 1. The SMILES string of the molecule is O=C(NC1(CBr)CCCC1)c1cc[nH]c(=O)c1. The highest BCUT2D eigenvalue weighted by atomic mass is 79.9. The van der Waals surface area contributed by atoms with Crippen molar-refractivity contribution < 1.29 is 4.79 Å². The summed E-state index contributed by atoms with van der Waals surface area (Å²) in [5, 5.41) is 3.81. The summed E-state index contributed by atoms with van der Waals surface area (Å²) >= 11 is 3.47. The lowest BCUT2D eigenvalue weighted by Crippen LogP contribution is -2.47. The van der Waals surface area contributed by atoms with Crippen LogP contribution < -0.4 is 10.9 Å². The van der Waals surface area contributed by atoms with E-state index in [1.807, 2.05) is 0 Å². The number of aromatic amines is 1. The van der Waals surface area contributed by atoms with E-state index in [1.54, 1.807) is 6.07 Å². The van der Waals surface area contributed by atoms with Crippen LogP contribution in [0.3, 0.4) is 0 Å². The lowest BCUT2D eigenvalue weighted by molar-refractivity contribution is 0.0910. The van der Waals surface area contributed by atoms with Gasteiger partial charge < -0.3 is 10.3 Å². The summed E-state index contributed by atoms with van der Waals surface area (Å²) in [5.74, 6) is -0.169. The molecule has 1 saturated carbocycles. The first kappa shape index (κ1) is 12.4. The van der Waals surface area contributed by atoms with Crippen LogP contribution in [-0.4, -0.2) is 21.8 Å². The molecule has 5 heteroatoms. The maximum absolute atomic E-state index is 12.0. The predicted octanol–water partition coefficient (Wildman–Crippen LogP) is 1.81. The van der Waals surface area contributed by atoms with Gasteiger partial charge in [0.15, 0.2) is 0 Å². The molecule has 2 N–H and O–H groups in total. The van der Waals surface area contributed by atoms with Gasteiger partial charge in [0.05, 0.1) is 5.54 Å². The molecule has 1 aromatic rings. The number of carbonyl (C=O) groups excluding carboxylic acids is 1. The molecule has 1 aliphatic carbocycles. The summed E-state index contributed by atoms with van der Waals surface area (Å²) in [7, 11) is 0. The Kier molecular flexibility index (Phi) is 3.66. The van der Waals surface area contributed by atoms with Crippen molar-refractivity contribution in [3.63, 3.8) is 0 Å². The Balaban J connectivity index is 2.13. The molecule has 1 aromatic heterocycles. The standard InChI is InChI=1S/C12H15BrN2O2/c13-8-12(4-1-2-5-12)15-11(17)9-3-6-14-10(16)7-9/h3,6-7H,1-2,4-5,8H2,(H,14,16)(H,15,17). The number of halogens is 1. The number of H-pyrrole nitrogens is 1. The molecule has 0 spiro atoms. The summed E-state index contributed by atoms with van der Waals surface area (Å²) in [6.45, 7) is 0. The second-order valence-electron chi connectivity index (χ2n) is 4.52. The predicted molar refractivity (Wildman–Crippen MR) is 69.5 cm³/mol. The van der Waals surface area contributed by atoms with Gasteiger partial charge in [0.1, 0.15) is 0 Å². The monoisotopic (exact) mass is 298 g/mol. The lowest BCUT2D eigenvalue weighted by atomic mass is 10.00. The molecule has 4 nitrogen and oxygen atoms in total. The highest BCUT2D eigenvalue weighted by Gasteiger charge is 2.34. The zero-order valence-corrected chi connectivity index (χ0v) is 11.0. The molecule has 0 atom stereocenters. The average molecular weight is 299 g/mol. The molecule has 2 rings (SSSR count). The minimum atomic E-state index is -0.253. The van der Waals surface area contributed by atoms with Gasteiger partial charge in [-0.05, 0) is 18.9 Å². The molecule has 0 aromatic carbocycles. The van der Waals surface area contributed by atoms with Gasteiger partial charge in [-0.15, -0.1) is 0 Å². The third kappa shape index (κ3) is 2.77. The van der Waals surface area contributed by atoms with Crippen LogP contribution >= 0.6 is 15.9 Å². The fourth-order valence-electron chi connectivity index (χ4n) is 2.24. The number of amides is 1. The highest BCUT2D eigenvalue weighted by Crippen LogP contribution is 2.31. The molecule has 1 heterocycles. The van der Waals surface area contributed by atoms with Crippen molar-refractivity contribution >= 4 is 21.8 Å².